The number of imide groups is 1. The molecule has 0 saturated carbocycles. The van der Waals surface area contributed by atoms with E-state index in [0.717, 1.165) is 21.7 Å². The van der Waals surface area contributed by atoms with Gasteiger partial charge >= 0.3 is 0 Å². The summed E-state index contributed by atoms with van der Waals surface area (Å²) < 4.78 is 5.55. The molecule has 6 heteroatoms. The highest BCUT2D eigenvalue weighted by Gasteiger charge is 2.39. The third kappa shape index (κ3) is 4.34. The summed E-state index contributed by atoms with van der Waals surface area (Å²) in [6.45, 7) is 8.78. The summed E-state index contributed by atoms with van der Waals surface area (Å²) in [5.41, 5.74) is 3.75. The van der Waals surface area contributed by atoms with E-state index in [4.69, 9.17) is 4.74 Å². The van der Waals surface area contributed by atoms with Gasteiger partial charge in [-0.1, -0.05) is 18.2 Å². The Hall–Kier alpha value is -2.44. The Labute approximate surface area is 170 Å². The lowest BCUT2D eigenvalue weighted by Gasteiger charge is -2.16. The van der Waals surface area contributed by atoms with Gasteiger partial charge in [-0.05, 0) is 62.8 Å². The Morgan fingerprint density at radius 1 is 1.14 bits per heavy atom. The van der Waals surface area contributed by atoms with E-state index in [1.807, 2.05) is 63.4 Å². The maximum atomic E-state index is 13.1. The Bertz CT molecular complexity index is 901. The second kappa shape index (κ2) is 8.71. The maximum absolute atomic E-state index is 13.1. The first-order valence-electron chi connectivity index (χ1n) is 9.48. The van der Waals surface area contributed by atoms with Crippen LogP contribution in [0.3, 0.4) is 0 Å². The van der Waals surface area contributed by atoms with E-state index in [9.17, 15) is 9.59 Å². The summed E-state index contributed by atoms with van der Waals surface area (Å²) in [6.07, 6.45) is 0.746. The smallest absolute Gasteiger partial charge is 0.278 e. The van der Waals surface area contributed by atoms with Crippen LogP contribution in [-0.4, -0.2) is 36.0 Å². The molecule has 3 rings (SSSR count). The number of hydrogen-bond acceptors (Lipinski definition) is 5. The zero-order valence-electron chi connectivity index (χ0n) is 16.7. The molecule has 0 fully saturated rings. The van der Waals surface area contributed by atoms with Gasteiger partial charge in [0.15, 0.2) is 0 Å². The molecule has 2 amide bonds. The van der Waals surface area contributed by atoms with Crippen molar-refractivity contribution in [2.75, 3.05) is 18.5 Å². The van der Waals surface area contributed by atoms with E-state index in [2.05, 4.69) is 5.32 Å². The molecule has 28 heavy (non-hydrogen) atoms. The highest BCUT2D eigenvalue weighted by atomic mass is 32.1. The van der Waals surface area contributed by atoms with Gasteiger partial charge in [0, 0.05) is 23.7 Å². The number of thiophene rings is 1. The summed E-state index contributed by atoms with van der Waals surface area (Å²) in [6, 6.07) is 9.79. The van der Waals surface area contributed by atoms with Crippen LogP contribution in [0, 0.1) is 13.8 Å². The first kappa shape index (κ1) is 20.3. The van der Waals surface area contributed by atoms with Gasteiger partial charge in [0.25, 0.3) is 11.8 Å². The second-order valence-corrected chi connectivity index (χ2v) is 8.15. The molecule has 0 aliphatic carbocycles. The monoisotopic (exact) mass is 398 g/mol. The number of rotatable bonds is 8. The quantitative estimate of drug-likeness (QED) is 0.530. The molecule has 0 radical (unpaired) electrons. The molecule has 2 heterocycles. The number of carbonyl (C=O) groups is 2. The van der Waals surface area contributed by atoms with Gasteiger partial charge in [0.2, 0.25) is 0 Å². The standard InChI is InChI=1S/C22H26N2O3S/c1-14(2)27-11-6-10-24-21(25)19(18-7-5-12-28-18)20(22(24)26)23-17-13-15(3)8-9-16(17)4/h5,7-9,12-14,23H,6,10-11H2,1-4H3. The van der Waals surface area contributed by atoms with Crippen molar-refractivity contribution in [3.63, 3.8) is 0 Å². The fraction of sp³-hybridized carbons (Fsp3) is 0.364. The Morgan fingerprint density at radius 3 is 2.61 bits per heavy atom. The zero-order chi connectivity index (χ0) is 20.3. The van der Waals surface area contributed by atoms with Crippen molar-refractivity contribution in [1.29, 1.82) is 0 Å². The average molecular weight is 399 g/mol. The highest BCUT2D eigenvalue weighted by Crippen LogP contribution is 2.33. The lowest BCUT2D eigenvalue weighted by Crippen LogP contribution is -2.34. The van der Waals surface area contributed by atoms with Crippen LogP contribution in [0.5, 0.6) is 0 Å². The molecule has 5 nitrogen and oxygen atoms in total. The van der Waals surface area contributed by atoms with Crippen molar-refractivity contribution in [3.8, 4) is 0 Å². The molecule has 0 spiro atoms. The van der Waals surface area contributed by atoms with Gasteiger partial charge in [-0.3, -0.25) is 14.5 Å². The molecule has 0 atom stereocenters. The van der Waals surface area contributed by atoms with Crippen molar-refractivity contribution in [2.24, 2.45) is 0 Å². The van der Waals surface area contributed by atoms with Gasteiger partial charge in [0.1, 0.15) is 5.70 Å². The van der Waals surface area contributed by atoms with E-state index in [1.165, 1.54) is 16.2 Å². The van der Waals surface area contributed by atoms with Gasteiger partial charge in [0.05, 0.1) is 11.7 Å². The van der Waals surface area contributed by atoms with Crippen molar-refractivity contribution < 1.29 is 14.3 Å². The molecular weight excluding hydrogens is 372 g/mol. The van der Waals surface area contributed by atoms with Crippen molar-refractivity contribution in [1.82, 2.24) is 4.90 Å². The fourth-order valence-electron chi connectivity index (χ4n) is 3.09. The maximum Gasteiger partial charge on any atom is 0.278 e. The molecule has 1 aromatic carbocycles. The van der Waals surface area contributed by atoms with Crippen LogP contribution in [0.15, 0.2) is 41.4 Å². The van der Waals surface area contributed by atoms with E-state index < -0.39 is 0 Å². The average Bonchev–Trinajstić information content (AvgIpc) is 3.24. The predicted molar refractivity (Wildman–Crippen MR) is 113 cm³/mol. The summed E-state index contributed by atoms with van der Waals surface area (Å²) in [7, 11) is 0. The molecule has 1 N–H and O–H groups in total. The van der Waals surface area contributed by atoms with Crippen molar-refractivity contribution >= 4 is 34.4 Å². The van der Waals surface area contributed by atoms with Crippen molar-refractivity contribution in [3.05, 3.63) is 57.4 Å². The molecular formula is C22H26N2O3S. The number of amides is 2. The van der Waals surface area contributed by atoms with E-state index in [0.29, 0.717) is 30.8 Å². The summed E-state index contributed by atoms with van der Waals surface area (Å²) in [5.74, 6) is -0.524. The summed E-state index contributed by atoms with van der Waals surface area (Å²) in [4.78, 5) is 28.3. The molecule has 1 aliphatic rings. The molecule has 1 aliphatic heterocycles. The third-order valence-electron chi connectivity index (χ3n) is 4.57. The van der Waals surface area contributed by atoms with Gasteiger partial charge in [-0.15, -0.1) is 11.3 Å². The summed E-state index contributed by atoms with van der Waals surface area (Å²) in [5, 5.41) is 5.16. The topological polar surface area (TPSA) is 58.6 Å². The van der Waals surface area contributed by atoms with Crippen LogP contribution in [0.25, 0.3) is 5.57 Å². The fourth-order valence-corrected chi connectivity index (χ4v) is 3.86. The minimum Gasteiger partial charge on any atom is -0.379 e. The van der Waals surface area contributed by atoms with Crippen LogP contribution in [0.2, 0.25) is 0 Å². The normalized spacial score (nSPS) is 14.5. The van der Waals surface area contributed by atoms with Crippen LogP contribution < -0.4 is 5.32 Å². The van der Waals surface area contributed by atoms with Crippen LogP contribution in [-0.2, 0) is 14.3 Å². The van der Waals surface area contributed by atoms with Crippen LogP contribution in [0.1, 0.15) is 36.3 Å². The number of ether oxygens (including phenoxy) is 1. The first-order valence-corrected chi connectivity index (χ1v) is 10.4. The number of nitrogens with zero attached hydrogens (tertiary/aromatic N) is 1. The lowest BCUT2D eigenvalue weighted by atomic mass is 10.1. The van der Waals surface area contributed by atoms with Crippen molar-refractivity contribution in [2.45, 2.75) is 40.2 Å². The summed E-state index contributed by atoms with van der Waals surface area (Å²) >= 11 is 1.46. The largest absolute Gasteiger partial charge is 0.379 e. The number of hydrogen-bond donors (Lipinski definition) is 1. The van der Waals surface area contributed by atoms with Gasteiger partial charge < -0.3 is 10.1 Å². The van der Waals surface area contributed by atoms with E-state index >= 15 is 0 Å². The number of aryl methyl sites for hydroxylation is 2. The van der Waals surface area contributed by atoms with Crippen LogP contribution in [0.4, 0.5) is 5.69 Å². The van der Waals surface area contributed by atoms with Crippen LogP contribution >= 0.6 is 11.3 Å². The number of carbonyl (C=O) groups excluding carboxylic acids is 2. The first-order chi connectivity index (χ1) is 13.4. The second-order valence-electron chi connectivity index (χ2n) is 7.21. The minimum atomic E-state index is -0.279. The Balaban J connectivity index is 1.88. The molecule has 0 unspecified atom stereocenters. The molecule has 0 bridgehead atoms. The van der Waals surface area contributed by atoms with Gasteiger partial charge in [-0.25, -0.2) is 0 Å². The highest BCUT2D eigenvalue weighted by molar-refractivity contribution is 7.11. The van der Waals surface area contributed by atoms with E-state index in [1.54, 1.807) is 0 Å². The molecule has 148 valence electrons. The molecule has 2 aromatic rings. The number of benzene rings is 1. The SMILES string of the molecule is Cc1ccc(C)c(NC2=C(c3cccs3)C(=O)N(CCCOC(C)C)C2=O)c1. The van der Waals surface area contributed by atoms with E-state index in [-0.39, 0.29) is 17.9 Å². The zero-order valence-corrected chi connectivity index (χ0v) is 17.6. The lowest BCUT2D eigenvalue weighted by molar-refractivity contribution is -0.137. The van der Waals surface area contributed by atoms with Gasteiger partial charge in [-0.2, -0.15) is 0 Å². The Morgan fingerprint density at radius 2 is 1.93 bits per heavy atom. The third-order valence-corrected chi connectivity index (χ3v) is 5.45. The number of nitrogens with one attached hydrogen (secondary N) is 1. The Kier molecular flexibility index (Phi) is 6.31. The number of anilines is 1. The minimum absolute atomic E-state index is 0.131. The predicted octanol–water partition coefficient (Wildman–Crippen LogP) is 4.37. The molecule has 1 aromatic heterocycles. The molecule has 0 saturated heterocycles.